The van der Waals surface area contributed by atoms with Gasteiger partial charge >= 0.3 is 6.18 Å². The first kappa shape index (κ1) is 18.8. The van der Waals surface area contributed by atoms with Gasteiger partial charge in [0, 0.05) is 17.8 Å². The molecular weight excluding hydrogens is 347 g/mol. The molecule has 0 bridgehead atoms. The third-order valence-corrected chi connectivity index (χ3v) is 4.80. The van der Waals surface area contributed by atoms with Crippen molar-refractivity contribution in [2.24, 2.45) is 17.8 Å². The topological polar surface area (TPSA) is 29.1 Å². The van der Waals surface area contributed by atoms with Crippen molar-refractivity contribution in [2.45, 2.75) is 58.0 Å². The van der Waals surface area contributed by atoms with Crippen LogP contribution < -0.4 is 5.32 Å². The van der Waals surface area contributed by atoms with Crippen LogP contribution >= 0.6 is 15.9 Å². The lowest BCUT2D eigenvalue weighted by atomic mass is 9.81. The number of hydrogen-bond acceptors (Lipinski definition) is 1. The van der Waals surface area contributed by atoms with Gasteiger partial charge in [-0.05, 0) is 44.4 Å². The minimum absolute atomic E-state index is 0.0636. The molecule has 1 amide bonds. The second-order valence-electron chi connectivity index (χ2n) is 5.97. The van der Waals surface area contributed by atoms with Gasteiger partial charge in [0.1, 0.15) is 0 Å². The molecule has 1 unspecified atom stereocenters. The summed E-state index contributed by atoms with van der Waals surface area (Å²) in [6.45, 7) is 2.75. The summed E-state index contributed by atoms with van der Waals surface area (Å²) >= 11 is 3.41. The molecule has 1 atom stereocenters. The molecular formula is C15H25BrF3NO. The van der Waals surface area contributed by atoms with Gasteiger partial charge in [-0.15, -0.1) is 0 Å². The van der Waals surface area contributed by atoms with E-state index in [1.807, 2.05) is 0 Å². The first-order valence-corrected chi connectivity index (χ1v) is 8.91. The molecule has 1 saturated carbocycles. The summed E-state index contributed by atoms with van der Waals surface area (Å²) in [4.78, 5) is 12.1. The third-order valence-electron chi connectivity index (χ3n) is 4.34. The van der Waals surface area contributed by atoms with Crippen molar-refractivity contribution >= 4 is 21.8 Å². The molecule has 0 aromatic heterocycles. The number of nitrogens with one attached hydrogen (secondary N) is 1. The summed E-state index contributed by atoms with van der Waals surface area (Å²) in [6.07, 6.45) is -0.0854. The zero-order chi connectivity index (χ0) is 15.9. The summed E-state index contributed by atoms with van der Waals surface area (Å²) in [7, 11) is 0. The quantitative estimate of drug-likeness (QED) is 0.647. The summed E-state index contributed by atoms with van der Waals surface area (Å²) in [5.41, 5.74) is 0. The smallest absolute Gasteiger partial charge is 0.356 e. The van der Waals surface area contributed by atoms with Crippen molar-refractivity contribution in [3.8, 4) is 0 Å². The SMILES string of the molecule is CCCC(CCBr)CNC(=O)C1CCC(C(F)(F)F)CC1. The molecule has 0 radical (unpaired) electrons. The summed E-state index contributed by atoms with van der Waals surface area (Å²) in [5.74, 6) is -1.08. The Balaban J connectivity index is 2.33. The fourth-order valence-electron chi connectivity index (χ4n) is 2.98. The Labute approximate surface area is 133 Å². The fraction of sp³-hybridized carbons (Fsp3) is 0.933. The molecule has 1 aliphatic carbocycles. The van der Waals surface area contributed by atoms with E-state index in [4.69, 9.17) is 0 Å². The lowest BCUT2D eigenvalue weighted by Crippen LogP contribution is -2.38. The molecule has 1 fully saturated rings. The van der Waals surface area contributed by atoms with E-state index < -0.39 is 12.1 Å². The van der Waals surface area contributed by atoms with Gasteiger partial charge in [-0.2, -0.15) is 13.2 Å². The van der Waals surface area contributed by atoms with E-state index in [1.54, 1.807) is 0 Å². The van der Waals surface area contributed by atoms with Crippen LogP contribution in [0.2, 0.25) is 0 Å². The van der Waals surface area contributed by atoms with Gasteiger partial charge in [-0.1, -0.05) is 29.3 Å². The van der Waals surface area contributed by atoms with Crippen LogP contribution in [0.5, 0.6) is 0 Å². The Hall–Kier alpha value is -0.260. The molecule has 0 aliphatic heterocycles. The van der Waals surface area contributed by atoms with Gasteiger partial charge in [0.2, 0.25) is 5.91 Å². The van der Waals surface area contributed by atoms with E-state index in [0.29, 0.717) is 25.3 Å². The normalized spacial score (nSPS) is 24.6. The molecule has 21 heavy (non-hydrogen) atoms. The predicted octanol–water partition coefficient (Wildman–Crippen LogP) is 4.67. The van der Waals surface area contributed by atoms with Crippen LogP contribution in [-0.2, 0) is 4.79 Å². The fourth-order valence-corrected chi connectivity index (χ4v) is 3.63. The first-order valence-electron chi connectivity index (χ1n) is 7.78. The average Bonchev–Trinajstić information content (AvgIpc) is 2.44. The summed E-state index contributed by atoms with van der Waals surface area (Å²) < 4.78 is 37.8. The van der Waals surface area contributed by atoms with Crippen LogP contribution in [-0.4, -0.2) is 24.0 Å². The molecule has 1 rings (SSSR count). The van der Waals surface area contributed by atoms with Gasteiger partial charge in [-0.25, -0.2) is 0 Å². The zero-order valence-electron chi connectivity index (χ0n) is 12.5. The molecule has 0 aromatic rings. The van der Waals surface area contributed by atoms with E-state index in [0.717, 1.165) is 24.6 Å². The highest BCUT2D eigenvalue weighted by molar-refractivity contribution is 9.09. The molecule has 2 nitrogen and oxygen atoms in total. The second kappa shape index (κ2) is 9.01. The van der Waals surface area contributed by atoms with Gasteiger partial charge in [0.05, 0.1) is 5.92 Å². The minimum Gasteiger partial charge on any atom is -0.356 e. The van der Waals surface area contributed by atoms with Crippen LogP contribution in [0.3, 0.4) is 0 Å². The molecule has 124 valence electrons. The lowest BCUT2D eigenvalue weighted by Gasteiger charge is -2.29. The molecule has 0 aromatic carbocycles. The number of halogens is 4. The zero-order valence-corrected chi connectivity index (χ0v) is 14.1. The maximum Gasteiger partial charge on any atom is 0.391 e. The Morgan fingerprint density at radius 2 is 1.86 bits per heavy atom. The molecule has 6 heteroatoms. The van der Waals surface area contributed by atoms with Crippen LogP contribution in [0.4, 0.5) is 13.2 Å². The standard InChI is InChI=1S/C15H25BrF3NO/c1-2-3-11(8-9-16)10-20-14(21)12-4-6-13(7-5-12)15(17,18)19/h11-13H,2-10H2,1H3,(H,20,21). The molecule has 0 spiro atoms. The number of rotatable bonds is 7. The number of carbonyl (C=O) groups is 1. The van der Waals surface area contributed by atoms with Crippen LogP contribution in [0.15, 0.2) is 0 Å². The highest BCUT2D eigenvalue weighted by Gasteiger charge is 2.42. The number of hydrogen-bond donors (Lipinski definition) is 1. The van der Waals surface area contributed by atoms with Crippen molar-refractivity contribution < 1.29 is 18.0 Å². The number of alkyl halides is 4. The van der Waals surface area contributed by atoms with E-state index in [1.165, 1.54) is 0 Å². The lowest BCUT2D eigenvalue weighted by molar-refractivity contribution is -0.184. The van der Waals surface area contributed by atoms with Crippen molar-refractivity contribution in [2.75, 3.05) is 11.9 Å². The Morgan fingerprint density at radius 3 is 2.33 bits per heavy atom. The largest absolute Gasteiger partial charge is 0.391 e. The van der Waals surface area contributed by atoms with E-state index in [9.17, 15) is 18.0 Å². The van der Waals surface area contributed by atoms with Crippen molar-refractivity contribution in [1.82, 2.24) is 5.32 Å². The van der Waals surface area contributed by atoms with Crippen molar-refractivity contribution in [3.63, 3.8) is 0 Å². The number of carbonyl (C=O) groups excluding carboxylic acids is 1. The van der Waals surface area contributed by atoms with Crippen LogP contribution in [0.25, 0.3) is 0 Å². The molecule has 1 N–H and O–H groups in total. The predicted molar refractivity (Wildman–Crippen MR) is 81.3 cm³/mol. The van der Waals surface area contributed by atoms with Gasteiger partial charge in [0.15, 0.2) is 0 Å². The average molecular weight is 372 g/mol. The first-order chi connectivity index (χ1) is 9.88. The van der Waals surface area contributed by atoms with E-state index >= 15 is 0 Å². The molecule has 1 aliphatic rings. The highest BCUT2D eigenvalue weighted by atomic mass is 79.9. The van der Waals surface area contributed by atoms with Crippen LogP contribution in [0.1, 0.15) is 51.9 Å². The van der Waals surface area contributed by atoms with Crippen molar-refractivity contribution in [3.05, 3.63) is 0 Å². The maximum absolute atomic E-state index is 12.6. The van der Waals surface area contributed by atoms with Gasteiger partial charge in [0.25, 0.3) is 0 Å². The third kappa shape index (κ3) is 6.57. The van der Waals surface area contributed by atoms with Crippen LogP contribution in [0, 0.1) is 17.8 Å². The van der Waals surface area contributed by atoms with E-state index in [-0.39, 0.29) is 24.7 Å². The highest BCUT2D eigenvalue weighted by Crippen LogP contribution is 2.39. The maximum atomic E-state index is 12.6. The second-order valence-corrected chi connectivity index (χ2v) is 6.76. The minimum atomic E-state index is -4.11. The van der Waals surface area contributed by atoms with Crippen molar-refractivity contribution in [1.29, 1.82) is 0 Å². The summed E-state index contributed by atoms with van der Waals surface area (Å²) in [6, 6.07) is 0. The summed E-state index contributed by atoms with van der Waals surface area (Å²) in [5, 5.41) is 3.84. The molecule has 0 saturated heterocycles. The number of amides is 1. The van der Waals surface area contributed by atoms with E-state index in [2.05, 4.69) is 28.2 Å². The Kier molecular flexibility index (Phi) is 8.06. The van der Waals surface area contributed by atoms with Gasteiger partial charge in [-0.3, -0.25) is 4.79 Å². The Morgan fingerprint density at radius 1 is 1.24 bits per heavy atom. The Bertz CT molecular complexity index is 309. The molecule has 0 heterocycles. The monoisotopic (exact) mass is 371 g/mol. The van der Waals surface area contributed by atoms with Gasteiger partial charge < -0.3 is 5.32 Å².